The Morgan fingerprint density at radius 3 is 2.65 bits per heavy atom. The van der Waals surface area contributed by atoms with Gasteiger partial charge in [0, 0.05) is 18.7 Å². The van der Waals surface area contributed by atoms with Gasteiger partial charge in [0.25, 0.3) is 5.91 Å². The number of nitrogens with zero attached hydrogens (tertiary/aromatic N) is 1. The molecular formula is C17H24N2O4. The molecule has 0 radical (unpaired) electrons. The summed E-state index contributed by atoms with van der Waals surface area (Å²) in [6.07, 6.45) is 2.18. The second kappa shape index (κ2) is 7.85. The standard InChI is InChI=1S/C17H24N2O4/c1-12-5-4-8-19(11-12)16(20)10-18-17(21)13-6-7-14(22-2)15(9-13)23-3/h6-7,9,12H,4-5,8,10-11H2,1-3H3,(H,18,21)/t12-/m1/s1. The van der Waals surface area contributed by atoms with Crippen molar-refractivity contribution in [3.05, 3.63) is 23.8 Å². The van der Waals surface area contributed by atoms with Crippen molar-refractivity contribution < 1.29 is 19.1 Å². The first-order valence-electron chi connectivity index (χ1n) is 7.83. The Hall–Kier alpha value is -2.24. The van der Waals surface area contributed by atoms with Crippen LogP contribution in [0.25, 0.3) is 0 Å². The van der Waals surface area contributed by atoms with E-state index < -0.39 is 0 Å². The van der Waals surface area contributed by atoms with Crippen molar-refractivity contribution in [3.8, 4) is 11.5 Å². The SMILES string of the molecule is COc1ccc(C(=O)NCC(=O)N2CCC[C@@H](C)C2)cc1OC. The summed E-state index contributed by atoms with van der Waals surface area (Å²) in [5.41, 5.74) is 0.433. The molecule has 23 heavy (non-hydrogen) atoms. The average molecular weight is 320 g/mol. The molecule has 0 aromatic heterocycles. The molecule has 0 saturated carbocycles. The van der Waals surface area contributed by atoms with Crippen LogP contribution in [0.4, 0.5) is 0 Å². The van der Waals surface area contributed by atoms with E-state index in [0.29, 0.717) is 23.0 Å². The van der Waals surface area contributed by atoms with Crippen LogP contribution >= 0.6 is 0 Å². The predicted molar refractivity (Wildman–Crippen MR) is 86.9 cm³/mol. The Balaban J connectivity index is 1.93. The zero-order valence-corrected chi connectivity index (χ0v) is 13.9. The molecule has 6 nitrogen and oxygen atoms in total. The van der Waals surface area contributed by atoms with Crippen molar-refractivity contribution in [1.82, 2.24) is 10.2 Å². The molecule has 0 aliphatic carbocycles. The van der Waals surface area contributed by atoms with Crippen molar-refractivity contribution in [2.45, 2.75) is 19.8 Å². The number of hydrogen-bond donors (Lipinski definition) is 1. The topological polar surface area (TPSA) is 67.9 Å². The number of piperidine rings is 1. The monoisotopic (exact) mass is 320 g/mol. The predicted octanol–water partition coefficient (Wildman–Crippen LogP) is 1.69. The van der Waals surface area contributed by atoms with E-state index >= 15 is 0 Å². The van der Waals surface area contributed by atoms with E-state index in [1.165, 1.54) is 14.2 Å². The number of benzene rings is 1. The lowest BCUT2D eigenvalue weighted by Crippen LogP contribution is -2.44. The Morgan fingerprint density at radius 2 is 2.00 bits per heavy atom. The van der Waals surface area contributed by atoms with E-state index in [-0.39, 0.29) is 18.4 Å². The molecule has 2 amide bonds. The van der Waals surface area contributed by atoms with Gasteiger partial charge in [0.1, 0.15) is 0 Å². The maximum atomic E-state index is 12.2. The van der Waals surface area contributed by atoms with Crippen LogP contribution in [0.5, 0.6) is 11.5 Å². The minimum absolute atomic E-state index is 0.0138. The van der Waals surface area contributed by atoms with Crippen LogP contribution in [-0.2, 0) is 4.79 Å². The summed E-state index contributed by atoms with van der Waals surface area (Å²) in [4.78, 5) is 26.2. The third-order valence-corrected chi connectivity index (χ3v) is 4.06. The fourth-order valence-corrected chi connectivity index (χ4v) is 2.76. The summed E-state index contributed by atoms with van der Waals surface area (Å²) >= 11 is 0. The van der Waals surface area contributed by atoms with Gasteiger partial charge in [0.05, 0.1) is 20.8 Å². The fourth-order valence-electron chi connectivity index (χ4n) is 2.76. The molecule has 1 heterocycles. The second-order valence-electron chi connectivity index (χ2n) is 5.84. The molecular weight excluding hydrogens is 296 g/mol. The van der Waals surface area contributed by atoms with Crippen molar-refractivity contribution in [1.29, 1.82) is 0 Å². The zero-order chi connectivity index (χ0) is 16.8. The molecule has 2 rings (SSSR count). The maximum Gasteiger partial charge on any atom is 0.251 e. The first-order valence-corrected chi connectivity index (χ1v) is 7.83. The molecule has 1 aliphatic heterocycles. The van der Waals surface area contributed by atoms with Gasteiger partial charge >= 0.3 is 0 Å². The first-order chi connectivity index (χ1) is 11.0. The van der Waals surface area contributed by atoms with Crippen molar-refractivity contribution >= 4 is 11.8 Å². The molecule has 1 saturated heterocycles. The minimum Gasteiger partial charge on any atom is -0.493 e. The lowest BCUT2D eigenvalue weighted by Gasteiger charge is -2.31. The van der Waals surface area contributed by atoms with Crippen LogP contribution < -0.4 is 14.8 Å². The molecule has 0 unspecified atom stereocenters. The molecule has 1 aromatic carbocycles. The van der Waals surface area contributed by atoms with Gasteiger partial charge in [-0.3, -0.25) is 9.59 Å². The Morgan fingerprint density at radius 1 is 1.26 bits per heavy atom. The average Bonchev–Trinajstić information content (AvgIpc) is 2.58. The Labute approximate surface area is 136 Å². The third kappa shape index (κ3) is 4.37. The lowest BCUT2D eigenvalue weighted by molar-refractivity contribution is -0.131. The number of nitrogens with one attached hydrogen (secondary N) is 1. The van der Waals surface area contributed by atoms with Gasteiger partial charge in [-0.2, -0.15) is 0 Å². The molecule has 1 aromatic rings. The normalized spacial score (nSPS) is 17.5. The molecule has 0 bridgehead atoms. The van der Waals surface area contributed by atoms with Gasteiger partial charge in [-0.15, -0.1) is 0 Å². The second-order valence-corrected chi connectivity index (χ2v) is 5.84. The lowest BCUT2D eigenvalue weighted by atomic mass is 10.0. The van der Waals surface area contributed by atoms with E-state index in [2.05, 4.69) is 12.2 Å². The van der Waals surface area contributed by atoms with Crippen molar-refractivity contribution in [2.24, 2.45) is 5.92 Å². The maximum absolute atomic E-state index is 12.2. The number of carbonyl (C=O) groups is 2. The van der Waals surface area contributed by atoms with Gasteiger partial charge in [0.2, 0.25) is 5.91 Å². The Bertz CT molecular complexity index is 574. The van der Waals surface area contributed by atoms with Gasteiger partial charge in [-0.1, -0.05) is 6.92 Å². The summed E-state index contributed by atoms with van der Waals surface area (Å²) < 4.78 is 10.3. The van der Waals surface area contributed by atoms with Crippen LogP contribution in [0.1, 0.15) is 30.1 Å². The molecule has 1 aliphatic rings. The molecule has 126 valence electrons. The van der Waals surface area contributed by atoms with E-state index in [1.807, 2.05) is 4.90 Å². The quantitative estimate of drug-likeness (QED) is 0.896. The van der Waals surface area contributed by atoms with Crippen LogP contribution in [-0.4, -0.2) is 50.6 Å². The number of methoxy groups -OCH3 is 2. The minimum atomic E-state index is -0.302. The molecule has 1 atom stereocenters. The van der Waals surface area contributed by atoms with Gasteiger partial charge in [0.15, 0.2) is 11.5 Å². The van der Waals surface area contributed by atoms with E-state index in [9.17, 15) is 9.59 Å². The van der Waals surface area contributed by atoms with Crippen LogP contribution in [0.3, 0.4) is 0 Å². The number of rotatable bonds is 5. The number of likely N-dealkylation sites (tertiary alicyclic amines) is 1. The highest BCUT2D eigenvalue weighted by atomic mass is 16.5. The van der Waals surface area contributed by atoms with E-state index in [4.69, 9.17) is 9.47 Å². The van der Waals surface area contributed by atoms with E-state index in [0.717, 1.165) is 25.9 Å². The number of hydrogen-bond acceptors (Lipinski definition) is 4. The fraction of sp³-hybridized carbons (Fsp3) is 0.529. The first kappa shape index (κ1) is 17.1. The summed E-state index contributed by atoms with van der Waals surface area (Å²) in [5, 5.41) is 2.67. The summed E-state index contributed by atoms with van der Waals surface area (Å²) in [6.45, 7) is 3.70. The van der Waals surface area contributed by atoms with Crippen LogP contribution in [0.15, 0.2) is 18.2 Å². The van der Waals surface area contributed by atoms with Crippen LogP contribution in [0, 0.1) is 5.92 Å². The van der Waals surface area contributed by atoms with Crippen LogP contribution in [0.2, 0.25) is 0 Å². The third-order valence-electron chi connectivity index (χ3n) is 4.06. The largest absolute Gasteiger partial charge is 0.493 e. The highest BCUT2D eigenvalue weighted by molar-refractivity contribution is 5.97. The van der Waals surface area contributed by atoms with Gasteiger partial charge in [-0.05, 0) is 37.0 Å². The molecule has 0 spiro atoms. The van der Waals surface area contributed by atoms with E-state index in [1.54, 1.807) is 18.2 Å². The summed E-state index contributed by atoms with van der Waals surface area (Å²) in [5.74, 6) is 1.22. The van der Waals surface area contributed by atoms with Crippen molar-refractivity contribution in [3.63, 3.8) is 0 Å². The number of ether oxygens (including phenoxy) is 2. The Kier molecular flexibility index (Phi) is 5.84. The highest BCUT2D eigenvalue weighted by Gasteiger charge is 2.21. The van der Waals surface area contributed by atoms with Crippen molar-refractivity contribution in [2.75, 3.05) is 33.9 Å². The number of amides is 2. The molecule has 1 fully saturated rings. The summed E-state index contributed by atoms with van der Waals surface area (Å²) in [7, 11) is 3.05. The van der Waals surface area contributed by atoms with Gasteiger partial charge < -0.3 is 19.7 Å². The highest BCUT2D eigenvalue weighted by Crippen LogP contribution is 2.27. The molecule has 1 N–H and O–H groups in total. The number of carbonyl (C=O) groups excluding carboxylic acids is 2. The summed E-state index contributed by atoms with van der Waals surface area (Å²) in [6, 6.07) is 4.91. The molecule has 6 heteroatoms. The zero-order valence-electron chi connectivity index (χ0n) is 13.9. The van der Waals surface area contributed by atoms with Gasteiger partial charge in [-0.25, -0.2) is 0 Å². The smallest absolute Gasteiger partial charge is 0.251 e.